The molecule has 0 bridgehead atoms. The van der Waals surface area contributed by atoms with E-state index in [1.54, 1.807) is 0 Å². The largest absolute Gasteiger partial charge is 0.515 e. The van der Waals surface area contributed by atoms with Crippen molar-refractivity contribution in [2.24, 2.45) is 0 Å². The van der Waals surface area contributed by atoms with Gasteiger partial charge in [0.25, 0.3) is 0 Å². The lowest BCUT2D eigenvalue weighted by Crippen LogP contribution is -1.75. The third kappa shape index (κ3) is 14.4. The molecule has 0 heterocycles. The van der Waals surface area contributed by atoms with Crippen molar-refractivity contribution >= 4 is 0 Å². The molecule has 1 N–H and O–H groups in total. The molecule has 92 valence electrons. The minimum Gasteiger partial charge on any atom is -0.515 e. The van der Waals surface area contributed by atoms with Gasteiger partial charge in [-0.1, -0.05) is 56.6 Å². The monoisotopic (exact) mass is 230 g/mol. The summed E-state index contributed by atoms with van der Waals surface area (Å²) >= 11 is 0. The average molecular weight is 230 g/mol. The van der Waals surface area contributed by atoms with E-state index < -0.39 is 0 Å². The second kappa shape index (κ2) is 14.4. The quantitative estimate of drug-likeness (QED) is 0.298. The number of allylic oxidation sites excluding steroid dienone is 3. The van der Waals surface area contributed by atoms with E-state index >= 15 is 0 Å². The lowest BCUT2D eigenvalue weighted by molar-refractivity contribution is 0.474. The second-order valence-electron chi connectivity index (χ2n) is 3.77. The first-order chi connectivity index (χ1) is 8.41. The van der Waals surface area contributed by atoms with Crippen molar-refractivity contribution in [1.82, 2.24) is 0 Å². The van der Waals surface area contributed by atoms with Crippen molar-refractivity contribution in [3.05, 3.63) is 24.5 Å². The molecule has 0 aromatic heterocycles. The first-order valence-corrected chi connectivity index (χ1v) is 6.34. The van der Waals surface area contributed by atoms with Crippen LogP contribution in [-0.2, 0) is 0 Å². The normalized spacial score (nSPS) is 9.94. The van der Waals surface area contributed by atoms with E-state index in [1.165, 1.54) is 38.2 Å². The van der Waals surface area contributed by atoms with Gasteiger partial charge in [-0.3, -0.25) is 0 Å². The van der Waals surface area contributed by atoms with Crippen LogP contribution in [0.5, 0.6) is 0 Å². The minimum absolute atomic E-state index is 0.756. The number of aliphatic hydroxyl groups is 1. The number of unbranched alkanes of at least 4 members (excludes halogenated alkanes) is 5. The maximum Gasteiger partial charge on any atom is 0.0875 e. The standard InChI is InChI=1S/C16H22O/c1-2-3-4-5-6-7-8-9-10-11-12-13-14-15-16-17/h8-9,15-17H,2-7,10H2,1H3. The Morgan fingerprint density at radius 2 is 1.82 bits per heavy atom. The Bertz CT molecular complexity index is 328. The van der Waals surface area contributed by atoms with Crippen LogP contribution in [0.1, 0.15) is 51.9 Å². The molecule has 17 heavy (non-hydrogen) atoms. The molecule has 0 radical (unpaired) electrons. The van der Waals surface area contributed by atoms with Crippen LogP contribution < -0.4 is 0 Å². The number of rotatable bonds is 7. The van der Waals surface area contributed by atoms with E-state index in [0.717, 1.165) is 19.1 Å². The van der Waals surface area contributed by atoms with E-state index in [4.69, 9.17) is 5.11 Å². The molecular formula is C16H22O. The van der Waals surface area contributed by atoms with Gasteiger partial charge in [-0.15, -0.1) is 0 Å². The number of hydrogen-bond donors (Lipinski definition) is 1. The van der Waals surface area contributed by atoms with Gasteiger partial charge in [0, 0.05) is 12.5 Å². The molecule has 0 unspecified atom stereocenters. The molecule has 1 nitrogen and oxygen atoms in total. The van der Waals surface area contributed by atoms with Crippen LogP contribution in [-0.4, -0.2) is 5.11 Å². The smallest absolute Gasteiger partial charge is 0.0875 e. The SMILES string of the molecule is CCCCCCCC=CCC#CC#CC=CO. The van der Waals surface area contributed by atoms with Crippen molar-refractivity contribution in [3.63, 3.8) is 0 Å². The highest BCUT2D eigenvalue weighted by atomic mass is 16.2. The summed E-state index contributed by atoms with van der Waals surface area (Å²) in [7, 11) is 0. The summed E-state index contributed by atoms with van der Waals surface area (Å²) < 4.78 is 0. The van der Waals surface area contributed by atoms with Gasteiger partial charge in [-0.05, 0) is 24.7 Å². The Hall–Kier alpha value is -1.60. The maximum absolute atomic E-state index is 8.30. The number of hydrogen-bond acceptors (Lipinski definition) is 1. The fourth-order valence-electron chi connectivity index (χ4n) is 1.34. The van der Waals surface area contributed by atoms with Gasteiger partial charge in [0.05, 0.1) is 6.26 Å². The Morgan fingerprint density at radius 1 is 1.00 bits per heavy atom. The molecule has 0 spiro atoms. The zero-order valence-electron chi connectivity index (χ0n) is 10.7. The molecule has 0 aliphatic heterocycles. The molecule has 0 aromatic rings. The molecule has 0 aromatic carbocycles. The molecule has 0 fully saturated rings. The van der Waals surface area contributed by atoms with Crippen LogP contribution in [0.25, 0.3) is 0 Å². The Morgan fingerprint density at radius 3 is 2.59 bits per heavy atom. The third-order valence-electron chi connectivity index (χ3n) is 2.24. The summed E-state index contributed by atoms with van der Waals surface area (Å²) in [5.74, 6) is 10.9. The Labute approximate surface area is 106 Å². The summed E-state index contributed by atoms with van der Waals surface area (Å²) in [6, 6.07) is 0. The zero-order valence-corrected chi connectivity index (χ0v) is 10.7. The van der Waals surface area contributed by atoms with Crippen LogP contribution >= 0.6 is 0 Å². The lowest BCUT2D eigenvalue weighted by atomic mass is 10.1. The fourth-order valence-corrected chi connectivity index (χ4v) is 1.34. The van der Waals surface area contributed by atoms with Crippen LogP contribution in [0.3, 0.4) is 0 Å². The van der Waals surface area contributed by atoms with E-state index in [9.17, 15) is 0 Å². The predicted octanol–water partition coefficient (Wildman–Crippen LogP) is 4.37. The highest BCUT2D eigenvalue weighted by Crippen LogP contribution is 2.05. The molecule has 0 aliphatic carbocycles. The summed E-state index contributed by atoms with van der Waals surface area (Å²) in [5, 5.41) is 8.30. The molecule has 0 rings (SSSR count). The summed E-state index contributed by atoms with van der Waals surface area (Å²) in [6.45, 7) is 2.23. The lowest BCUT2D eigenvalue weighted by Gasteiger charge is -1.95. The first-order valence-electron chi connectivity index (χ1n) is 6.34. The summed E-state index contributed by atoms with van der Waals surface area (Å²) in [5.41, 5.74) is 0. The summed E-state index contributed by atoms with van der Waals surface area (Å²) in [4.78, 5) is 0. The van der Waals surface area contributed by atoms with Crippen LogP contribution in [0.4, 0.5) is 0 Å². The molecule has 0 saturated carbocycles. The highest BCUT2D eigenvalue weighted by Gasteiger charge is 1.85. The van der Waals surface area contributed by atoms with E-state index in [1.807, 2.05) is 0 Å². The molecule has 1 heteroatoms. The highest BCUT2D eigenvalue weighted by molar-refractivity contribution is 5.30. The van der Waals surface area contributed by atoms with Crippen molar-refractivity contribution in [2.45, 2.75) is 51.9 Å². The number of aliphatic hydroxyl groups excluding tert-OH is 1. The average Bonchev–Trinajstić information content (AvgIpc) is 2.35. The zero-order chi connectivity index (χ0) is 12.6. The van der Waals surface area contributed by atoms with E-state index in [2.05, 4.69) is 42.8 Å². The Balaban J connectivity index is 3.40. The molecule has 0 aliphatic rings. The topological polar surface area (TPSA) is 20.2 Å². The van der Waals surface area contributed by atoms with E-state index in [0.29, 0.717) is 0 Å². The van der Waals surface area contributed by atoms with Crippen LogP contribution in [0.2, 0.25) is 0 Å². The van der Waals surface area contributed by atoms with Crippen molar-refractivity contribution in [3.8, 4) is 23.7 Å². The molecule has 0 amide bonds. The summed E-state index contributed by atoms with van der Waals surface area (Å²) in [6.07, 6.45) is 15.1. The maximum atomic E-state index is 8.30. The molecular weight excluding hydrogens is 208 g/mol. The Kier molecular flexibility index (Phi) is 13.0. The predicted molar refractivity (Wildman–Crippen MR) is 74.5 cm³/mol. The van der Waals surface area contributed by atoms with Gasteiger partial charge in [-0.25, -0.2) is 0 Å². The second-order valence-corrected chi connectivity index (χ2v) is 3.77. The van der Waals surface area contributed by atoms with Gasteiger partial charge in [0.15, 0.2) is 0 Å². The van der Waals surface area contributed by atoms with Crippen molar-refractivity contribution in [1.29, 1.82) is 0 Å². The van der Waals surface area contributed by atoms with Crippen LogP contribution in [0.15, 0.2) is 24.5 Å². The van der Waals surface area contributed by atoms with Gasteiger partial charge >= 0.3 is 0 Å². The van der Waals surface area contributed by atoms with Gasteiger partial charge in [0.1, 0.15) is 0 Å². The minimum atomic E-state index is 0.756. The van der Waals surface area contributed by atoms with Gasteiger partial charge in [0.2, 0.25) is 0 Å². The van der Waals surface area contributed by atoms with Crippen LogP contribution in [0, 0.1) is 23.7 Å². The van der Waals surface area contributed by atoms with Gasteiger partial charge in [-0.2, -0.15) is 0 Å². The van der Waals surface area contributed by atoms with Crippen molar-refractivity contribution in [2.75, 3.05) is 0 Å². The molecule has 0 atom stereocenters. The van der Waals surface area contributed by atoms with E-state index in [-0.39, 0.29) is 0 Å². The fraction of sp³-hybridized carbons (Fsp3) is 0.500. The third-order valence-corrected chi connectivity index (χ3v) is 2.24. The first kappa shape index (κ1) is 15.4. The van der Waals surface area contributed by atoms with Crippen molar-refractivity contribution < 1.29 is 5.11 Å². The molecule has 0 saturated heterocycles. The van der Waals surface area contributed by atoms with Gasteiger partial charge < -0.3 is 5.11 Å².